The summed E-state index contributed by atoms with van der Waals surface area (Å²) in [6.07, 6.45) is 23.7. The molecule has 6 aliphatic carbocycles. The van der Waals surface area contributed by atoms with Crippen LogP contribution in [0.1, 0.15) is 331 Å². The summed E-state index contributed by atoms with van der Waals surface area (Å²) in [4.78, 5) is 0. The SMILES string of the molecule is CC(C)(C)C12CC3CC(CC(C3)C1)C2.CC(C)(C)c1c(-c2ccccc2)cccc1-c1ccccc1.CC(C)(C)c1c(C2CCCCC2)cccc1C1CCCCC1.CC(C)(C)c1cccc(C(C)(C)C)c1C(C)(C)C.CC(C)(C)c1ccccc1C(C)(C)C. The van der Waals surface area contributed by atoms with Crippen molar-refractivity contribution in [2.45, 2.75) is 319 Å². The van der Waals surface area contributed by atoms with Crippen molar-refractivity contribution >= 4 is 0 Å². The molecule has 492 valence electrons. The van der Waals surface area contributed by atoms with Crippen LogP contribution in [0.25, 0.3) is 22.3 Å². The van der Waals surface area contributed by atoms with Crippen molar-refractivity contribution in [2.24, 2.45) is 28.6 Å². The van der Waals surface area contributed by atoms with E-state index >= 15 is 0 Å². The third-order valence-corrected chi connectivity index (χ3v) is 21.6. The van der Waals surface area contributed by atoms with E-state index < -0.39 is 0 Å². The molecule has 0 heterocycles. The first kappa shape index (κ1) is 72.7. The lowest BCUT2D eigenvalue weighted by Gasteiger charge is -2.62. The summed E-state index contributed by atoms with van der Waals surface area (Å²) in [5, 5.41) is 0. The summed E-state index contributed by atoms with van der Waals surface area (Å²) >= 11 is 0. The molecule has 0 spiro atoms. The van der Waals surface area contributed by atoms with Gasteiger partial charge in [-0.15, -0.1) is 0 Å². The predicted molar refractivity (Wildman–Crippen MR) is 399 cm³/mol. The number of hydrogen-bond donors (Lipinski definition) is 0. The Morgan fingerprint density at radius 3 is 0.856 bits per heavy atom. The summed E-state index contributed by atoms with van der Waals surface area (Å²) in [6.45, 7) is 56.1. The van der Waals surface area contributed by atoms with Crippen LogP contribution in [0.2, 0.25) is 0 Å². The van der Waals surface area contributed by atoms with Crippen LogP contribution in [-0.2, 0) is 37.9 Å². The first-order chi connectivity index (χ1) is 41.7. The Hall–Kier alpha value is -4.68. The van der Waals surface area contributed by atoms with Gasteiger partial charge in [0.05, 0.1) is 0 Å². The monoisotopic (exact) mass is 1210 g/mol. The van der Waals surface area contributed by atoms with Crippen molar-refractivity contribution in [3.63, 3.8) is 0 Å². The lowest BCUT2D eigenvalue weighted by atomic mass is 9.43. The zero-order chi connectivity index (χ0) is 66.5. The van der Waals surface area contributed by atoms with Crippen LogP contribution in [0, 0.1) is 28.6 Å². The van der Waals surface area contributed by atoms with Gasteiger partial charge >= 0.3 is 0 Å². The fourth-order valence-corrected chi connectivity index (χ4v) is 17.5. The van der Waals surface area contributed by atoms with Crippen LogP contribution < -0.4 is 0 Å². The van der Waals surface area contributed by atoms with Gasteiger partial charge < -0.3 is 0 Å². The van der Waals surface area contributed by atoms with E-state index in [0.717, 1.165) is 35.0 Å². The van der Waals surface area contributed by atoms with Crippen molar-refractivity contribution in [3.8, 4) is 22.3 Å². The molecule has 6 aliphatic rings. The van der Waals surface area contributed by atoms with Crippen molar-refractivity contribution in [2.75, 3.05) is 0 Å². The molecule has 0 aliphatic heterocycles. The maximum atomic E-state index is 2.49. The van der Waals surface area contributed by atoms with Gasteiger partial charge in [-0.3, -0.25) is 0 Å². The molecule has 6 fully saturated rings. The van der Waals surface area contributed by atoms with Crippen LogP contribution in [0.4, 0.5) is 0 Å². The number of rotatable bonds is 4. The third-order valence-electron chi connectivity index (χ3n) is 21.6. The topological polar surface area (TPSA) is 0 Å². The Balaban J connectivity index is 0.000000162. The van der Waals surface area contributed by atoms with Crippen LogP contribution in [0.5, 0.6) is 0 Å². The lowest BCUT2D eigenvalue weighted by Crippen LogP contribution is -2.51. The first-order valence-electron chi connectivity index (χ1n) is 36.3. The van der Waals surface area contributed by atoms with Gasteiger partial charge in [0, 0.05) is 0 Å². The van der Waals surface area contributed by atoms with Gasteiger partial charge in [0.15, 0.2) is 0 Å². The summed E-state index contributed by atoms with van der Waals surface area (Å²) in [5.74, 6) is 4.99. The van der Waals surface area contributed by atoms with E-state index in [1.54, 1.807) is 55.2 Å². The molecule has 0 atom stereocenters. The van der Waals surface area contributed by atoms with Gasteiger partial charge in [0.1, 0.15) is 0 Å². The molecule has 6 saturated carbocycles. The second kappa shape index (κ2) is 28.9. The molecule has 0 unspecified atom stereocenters. The molecule has 0 radical (unpaired) electrons. The Bertz CT molecular complexity index is 2980. The highest BCUT2D eigenvalue weighted by molar-refractivity contribution is 5.80. The maximum absolute atomic E-state index is 2.49. The second-order valence-electron chi connectivity index (χ2n) is 37.4. The van der Waals surface area contributed by atoms with Crippen molar-refractivity contribution in [3.05, 3.63) is 190 Å². The average Bonchev–Trinajstić information content (AvgIpc) is 0.746. The quantitative estimate of drug-likeness (QED) is 0.165. The van der Waals surface area contributed by atoms with Crippen molar-refractivity contribution in [1.82, 2.24) is 0 Å². The molecule has 0 nitrogen and oxygen atoms in total. The molecule has 0 saturated heterocycles. The molecule has 12 rings (SSSR count). The van der Waals surface area contributed by atoms with Crippen molar-refractivity contribution < 1.29 is 0 Å². The smallest absolute Gasteiger partial charge is 0.0120 e. The molecule has 4 bridgehead atoms. The molecule has 0 N–H and O–H groups in total. The molecular weight excluding hydrogens is 1080 g/mol. The van der Waals surface area contributed by atoms with Gasteiger partial charge in [-0.1, -0.05) is 344 Å². The zero-order valence-electron chi connectivity index (χ0n) is 62.5. The minimum absolute atomic E-state index is 0.0810. The Kier molecular flexibility index (Phi) is 23.4. The molecular formula is C90H132. The van der Waals surface area contributed by atoms with E-state index in [4.69, 9.17) is 0 Å². The highest BCUT2D eigenvalue weighted by Crippen LogP contribution is 2.66. The van der Waals surface area contributed by atoms with E-state index in [0.29, 0.717) is 5.41 Å². The molecule has 0 heteroatoms. The Morgan fingerprint density at radius 1 is 0.267 bits per heavy atom. The average molecular weight is 1210 g/mol. The fourth-order valence-electron chi connectivity index (χ4n) is 17.5. The second-order valence-corrected chi connectivity index (χ2v) is 37.4. The minimum atomic E-state index is 0.0810. The highest BCUT2D eigenvalue weighted by Gasteiger charge is 2.55. The van der Waals surface area contributed by atoms with E-state index in [9.17, 15) is 0 Å². The lowest BCUT2D eigenvalue weighted by molar-refractivity contribution is -0.113. The third kappa shape index (κ3) is 18.6. The summed E-state index contributed by atoms with van der Waals surface area (Å²) in [7, 11) is 0. The summed E-state index contributed by atoms with van der Waals surface area (Å²) < 4.78 is 0. The van der Waals surface area contributed by atoms with E-state index in [1.807, 2.05) is 0 Å². The van der Waals surface area contributed by atoms with E-state index in [1.165, 1.54) is 120 Å². The maximum Gasteiger partial charge on any atom is -0.0120 e. The minimum Gasteiger partial charge on any atom is -0.0622 e. The van der Waals surface area contributed by atoms with Gasteiger partial charge in [-0.2, -0.15) is 0 Å². The first-order valence-corrected chi connectivity index (χ1v) is 36.3. The normalized spacial score (nSPS) is 20.9. The van der Waals surface area contributed by atoms with Crippen molar-refractivity contribution in [1.29, 1.82) is 0 Å². The molecule has 90 heavy (non-hydrogen) atoms. The van der Waals surface area contributed by atoms with Crippen LogP contribution in [0.3, 0.4) is 0 Å². The van der Waals surface area contributed by atoms with Crippen LogP contribution in [0.15, 0.2) is 140 Å². The van der Waals surface area contributed by atoms with Gasteiger partial charge in [-0.25, -0.2) is 0 Å². The van der Waals surface area contributed by atoms with Gasteiger partial charge in [0.2, 0.25) is 0 Å². The number of hydrogen-bond acceptors (Lipinski definition) is 0. The van der Waals surface area contributed by atoms with Crippen LogP contribution >= 0.6 is 0 Å². The Morgan fingerprint density at radius 2 is 0.556 bits per heavy atom. The largest absolute Gasteiger partial charge is 0.0622 e. The highest BCUT2D eigenvalue weighted by atomic mass is 14.6. The predicted octanol–water partition coefficient (Wildman–Crippen LogP) is 27.5. The molecule has 0 amide bonds. The molecule has 0 aromatic heterocycles. The standard InChI is InChI=1S/C22H34.C22H22.C18H30.C14H24.C14H22/c2*1-22(2,3)21-19(17-11-6-4-7-12-17)15-10-16-20(21)18-13-8-5-9-14-18;1-16(2,3)13-11-10-12-14(17(4,5)6)15(13)18(7,8)9;1-13(2,3)14-7-10-4-11(8-14)6-12(5-10)9-14;1-13(2,3)11-9-7-8-10-12(11)14(4,5)6/h10,15-18H,4-9,11-14H2,1-3H3;4-16H,1-3H3;10-12H,1-9H3;10-12H,4-9H2,1-3H3;7-10H,1-6H3. The Labute approximate surface area is 555 Å². The summed E-state index contributed by atoms with van der Waals surface area (Å²) in [5.41, 5.74) is 21.9. The van der Waals surface area contributed by atoms with E-state index in [-0.39, 0.29) is 37.9 Å². The van der Waals surface area contributed by atoms with Gasteiger partial charge in [0.25, 0.3) is 0 Å². The molecule has 6 aromatic rings. The molecule has 6 aromatic carbocycles. The van der Waals surface area contributed by atoms with E-state index in [2.05, 4.69) is 306 Å². The summed E-state index contributed by atoms with van der Waals surface area (Å²) in [6, 6.07) is 50.9. The van der Waals surface area contributed by atoms with Gasteiger partial charge in [-0.05, 0) is 215 Å². The van der Waals surface area contributed by atoms with Crippen LogP contribution in [-0.4, -0.2) is 0 Å². The fraction of sp³-hybridized carbons (Fsp3) is 0.600. The zero-order valence-corrected chi connectivity index (χ0v) is 62.5. The number of benzene rings is 6.